The molecule has 0 aliphatic rings. The molecular weight excluding hydrogens is 372 g/mol. The lowest BCUT2D eigenvalue weighted by atomic mass is 9.86. The molecule has 0 radical (unpaired) electrons. The topological polar surface area (TPSA) is 0 Å². The van der Waals surface area contributed by atoms with Gasteiger partial charge in [-0.3, -0.25) is 0 Å². The normalized spacial score (nSPS) is 14.2. The van der Waals surface area contributed by atoms with Crippen LogP contribution in [0.3, 0.4) is 0 Å². The molecule has 0 aliphatic carbocycles. The predicted octanol–water partition coefficient (Wildman–Crippen LogP) is 6.38. The van der Waals surface area contributed by atoms with E-state index in [1.807, 2.05) is 0 Å². The van der Waals surface area contributed by atoms with Crippen LogP contribution in [0.4, 0.5) is 52.7 Å². The third-order valence-corrected chi connectivity index (χ3v) is 3.13. The van der Waals surface area contributed by atoms with E-state index in [9.17, 15) is 52.7 Å². The summed E-state index contributed by atoms with van der Waals surface area (Å²) in [6.07, 6.45) is -23.8. The highest BCUT2D eigenvalue weighted by Crippen LogP contribution is 2.52. The van der Waals surface area contributed by atoms with Crippen molar-refractivity contribution in [1.29, 1.82) is 0 Å². The minimum Gasteiger partial charge on any atom is -0.166 e. The van der Waals surface area contributed by atoms with Crippen molar-refractivity contribution in [2.75, 3.05) is 0 Å². The molecule has 1 aromatic carbocycles. The minimum atomic E-state index is -5.94. The fourth-order valence-electron chi connectivity index (χ4n) is 2.42. The Kier molecular flexibility index (Phi) is 4.63. The molecule has 12 heteroatoms. The summed E-state index contributed by atoms with van der Waals surface area (Å²) in [7, 11) is 0. The molecule has 0 aliphatic heterocycles. The van der Waals surface area contributed by atoms with Gasteiger partial charge < -0.3 is 0 Å². The van der Waals surface area contributed by atoms with Crippen molar-refractivity contribution < 1.29 is 52.7 Å². The van der Waals surface area contributed by atoms with E-state index in [2.05, 4.69) is 0 Å². The third-order valence-electron chi connectivity index (χ3n) is 3.13. The maximum absolute atomic E-state index is 12.9. The second-order valence-corrected chi connectivity index (χ2v) is 4.74. The van der Waals surface area contributed by atoms with E-state index in [0.29, 0.717) is 0 Å². The number of rotatable bonds is 0. The van der Waals surface area contributed by atoms with Gasteiger partial charge in [-0.05, 0) is 25.0 Å². The maximum Gasteiger partial charge on any atom is 0.417 e. The molecule has 0 heterocycles. The van der Waals surface area contributed by atoms with Crippen LogP contribution in [0.1, 0.15) is 33.4 Å². The van der Waals surface area contributed by atoms with Crippen LogP contribution >= 0.6 is 0 Å². The van der Waals surface area contributed by atoms with Crippen molar-refractivity contribution >= 4 is 0 Å². The first-order valence-electron chi connectivity index (χ1n) is 5.77. The molecule has 0 unspecified atom stereocenters. The summed E-state index contributed by atoms with van der Waals surface area (Å²) in [6.45, 7) is -0.148. The molecule has 1 aromatic rings. The third kappa shape index (κ3) is 3.56. The Morgan fingerprint density at radius 1 is 0.375 bits per heavy atom. The molecule has 0 nitrogen and oxygen atoms in total. The van der Waals surface area contributed by atoms with E-state index in [0.717, 1.165) is 0 Å². The lowest BCUT2D eigenvalue weighted by molar-refractivity contribution is -0.172. The Morgan fingerprint density at radius 3 is 0.583 bits per heavy atom. The van der Waals surface area contributed by atoms with Gasteiger partial charge in [-0.15, -0.1) is 0 Å². The van der Waals surface area contributed by atoms with Gasteiger partial charge in [-0.2, -0.15) is 52.7 Å². The van der Waals surface area contributed by atoms with Gasteiger partial charge in [0, 0.05) is 0 Å². The van der Waals surface area contributed by atoms with Gasteiger partial charge in [-0.25, -0.2) is 0 Å². The summed E-state index contributed by atoms with van der Waals surface area (Å²) >= 11 is 0. The highest BCUT2D eigenvalue weighted by Gasteiger charge is 2.54. The Morgan fingerprint density at radius 2 is 0.500 bits per heavy atom. The summed E-state index contributed by atoms with van der Waals surface area (Å²) in [5, 5.41) is 0. The second-order valence-electron chi connectivity index (χ2n) is 4.74. The van der Waals surface area contributed by atoms with Crippen molar-refractivity contribution in [3.05, 3.63) is 33.4 Å². The zero-order valence-electron chi connectivity index (χ0n) is 11.5. The number of benzene rings is 1. The molecule has 0 aromatic heterocycles. The zero-order valence-corrected chi connectivity index (χ0v) is 11.5. The van der Waals surface area contributed by atoms with Crippen molar-refractivity contribution in [3.63, 3.8) is 0 Å². The largest absolute Gasteiger partial charge is 0.417 e. The highest BCUT2D eigenvalue weighted by atomic mass is 19.4. The van der Waals surface area contributed by atoms with Crippen molar-refractivity contribution in [1.82, 2.24) is 0 Å². The molecule has 0 saturated heterocycles. The Labute approximate surface area is 126 Å². The molecule has 0 amide bonds. The van der Waals surface area contributed by atoms with Crippen LogP contribution in [0.25, 0.3) is 0 Å². The average Bonchev–Trinajstić information content (AvgIpc) is 2.24. The molecule has 24 heavy (non-hydrogen) atoms. The minimum absolute atomic E-state index is 0.0738. The van der Waals surface area contributed by atoms with Gasteiger partial charge in [0.15, 0.2) is 0 Å². The van der Waals surface area contributed by atoms with Gasteiger partial charge in [0.25, 0.3) is 0 Å². The Hall–Kier alpha value is -1.62. The summed E-state index contributed by atoms with van der Waals surface area (Å²) < 4.78 is 154. The van der Waals surface area contributed by atoms with E-state index in [-0.39, 0.29) is 13.8 Å². The molecule has 0 spiro atoms. The number of halogens is 12. The summed E-state index contributed by atoms with van der Waals surface area (Å²) in [4.78, 5) is 0. The molecule has 1 rings (SSSR count). The fraction of sp³-hybridized carbons (Fsp3) is 0.500. The Bertz CT molecular complexity index is 528. The van der Waals surface area contributed by atoms with Gasteiger partial charge >= 0.3 is 24.7 Å². The fourth-order valence-corrected chi connectivity index (χ4v) is 2.42. The first-order chi connectivity index (χ1) is 10.3. The van der Waals surface area contributed by atoms with E-state index >= 15 is 0 Å². The summed E-state index contributed by atoms with van der Waals surface area (Å²) in [6, 6.07) is 0. The van der Waals surface area contributed by atoms with Crippen molar-refractivity contribution in [2.45, 2.75) is 38.6 Å². The van der Waals surface area contributed by atoms with Gasteiger partial charge in [0.2, 0.25) is 0 Å². The maximum atomic E-state index is 12.9. The van der Waals surface area contributed by atoms with Gasteiger partial charge in [0.1, 0.15) is 0 Å². The van der Waals surface area contributed by atoms with Crippen LogP contribution in [0.5, 0.6) is 0 Å². The van der Waals surface area contributed by atoms with E-state index in [4.69, 9.17) is 0 Å². The SMILES string of the molecule is Cc1c(C(F)(F)F)c(C(F)(F)F)c(C)c(C(F)(F)F)c1C(F)(F)F. The molecular formula is C12H6F12. The molecule has 0 fully saturated rings. The number of hydrogen-bond donors (Lipinski definition) is 0. The highest BCUT2D eigenvalue weighted by molar-refractivity contribution is 5.55. The van der Waals surface area contributed by atoms with Gasteiger partial charge in [-0.1, -0.05) is 0 Å². The molecule has 0 saturated carbocycles. The molecule has 0 bridgehead atoms. The first-order valence-corrected chi connectivity index (χ1v) is 5.77. The van der Waals surface area contributed by atoms with E-state index < -0.39 is 58.1 Å². The van der Waals surface area contributed by atoms with E-state index in [1.165, 1.54) is 0 Å². The second kappa shape index (κ2) is 5.45. The standard InChI is InChI=1S/C12H6F12/c1-3-5(9(13,14)15)7(11(19,20)21)4(2)8(12(22,23)24)6(3)10(16,17)18/h1-2H3. The van der Waals surface area contributed by atoms with Crippen molar-refractivity contribution in [3.8, 4) is 0 Å². The average molecular weight is 378 g/mol. The van der Waals surface area contributed by atoms with Crippen LogP contribution in [0, 0.1) is 13.8 Å². The summed E-state index contributed by atoms with van der Waals surface area (Å²) in [5.74, 6) is 0. The smallest absolute Gasteiger partial charge is 0.166 e. The molecule has 138 valence electrons. The van der Waals surface area contributed by atoms with Gasteiger partial charge in [0.05, 0.1) is 22.3 Å². The lowest BCUT2D eigenvalue weighted by Gasteiger charge is -2.27. The first kappa shape index (κ1) is 20.4. The van der Waals surface area contributed by atoms with Crippen LogP contribution in [0.15, 0.2) is 0 Å². The van der Waals surface area contributed by atoms with Crippen LogP contribution in [0.2, 0.25) is 0 Å². The monoisotopic (exact) mass is 378 g/mol. The lowest BCUT2D eigenvalue weighted by Crippen LogP contribution is -2.28. The molecule has 0 N–H and O–H groups in total. The molecule has 0 atom stereocenters. The van der Waals surface area contributed by atoms with Crippen molar-refractivity contribution in [2.24, 2.45) is 0 Å². The number of alkyl halides is 12. The Balaban J connectivity index is 4.28. The zero-order chi connectivity index (χ0) is 19.5. The van der Waals surface area contributed by atoms with E-state index in [1.54, 1.807) is 0 Å². The van der Waals surface area contributed by atoms with Crippen LogP contribution in [-0.2, 0) is 24.7 Å². The predicted molar refractivity (Wildman–Crippen MR) is 55.9 cm³/mol. The van der Waals surface area contributed by atoms with Crippen LogP contribution < -0.4 is 0 Å². The summed E-state index contributed by atoms with van der Waals surface area (Å²) in [5.41, 5.74) is -15.5. The quantitative estimate of drug-likeness (QED) is 0.460. The number of hydrogen-bond acceptors (Lipinski definition) is 0. The van der Waals surface area contributed by atoms with Crippen LogP contribution in [-0.4, -0.2) is 0 Å².